The molecule has 1 rings (SSSR count). The average Bonchev–Trinajstić information content (AvgIpc) is 1.85. The first-order valence-electron chi connectivity index (χ1n) is 4.07. The Kier molecular flexibility index (Phi) is 2.69. The molecule has 0 saturated heterocycles. The summed E-state index contributed by atoms with van der Waals surface area (Å²) in [5.41, 5.74) is 1.22. The number of rotatable bonds is 2. The Morgan fingerprint density at radius 1 is 1.73 bits per heavy atom. The Balaban J connectivity index is 2.34. The lowest BCUT2D eigenvalue weighted by atomic mass is 9.84. The molecule has 62 valence electrons. The zero-order valence-electron chi connectivity index (χ0n) is 6.68. The van der Waals surface area contributed by atoms with Gasteiger partial charge in [0.05, 0.1) is 0 Å². The van der Waals surface area contributed by atoms with Gasteiger partial charge in [0, 0.05) is 6.42 Å². The van der Waals surface area contributed by atoms with E-state index in [1.54, 1.807) is 0 Å². The van der Waals surface area contributed by atoms with E-state index >= 15 is 0 Å². The average molecular weight is 154 g/mol. The summed E-state index contributed by atoms with van der Waals surface area (Å²) in [6, 6.07) is 0. The van der Waals surface area contributed by atoms with Crippen LogP contribution >= 0.6 is 0 Å². The quantitative estimate of drug-likeness (QED) is 0.619. The Bertz CT molecular complexity index is 170. The van der Waals surface area contributed by atoms with Crippen molar-refractivity contribution in [3.63, 3.8) is 0 Å². The van der Waals surface area contributed by atoms with Gasteiger partial charge in [0.1, 0.15) is 0 Å². The standard InChI is InChI=1S/C9H14O2/c1-7-3-2-4-8(5-7)6-9(10)11/h8H,1-6H2,(H,10,11)/t8-/m0/s1. The van der Waals surface area contributed by atoms with Gasteiger partial charge in [-0.1, -0.05) is 12.2 Å². The van der Waals surface area contributed by atoms with Gasteiger partial charge in [-0.15, -0.1) is 0 Å². The molecule has 0 amide bonds. The van der Waals surface area contributed by atoms with E-state index in [1.165, 1.54) is 5.57 Å². The van der Waals surface area contributed by atoms with Gasteiger partial charge in [0.2, 0.25) is 0 Å². The van der Waals surface area contributed by atoms with Crippen LogP contribution in [0.1, 0.15) is 32.1 Å². The van der Waals surface area contributed by atoms with Gasteiger partial charge in [-0.3, -0.25) is 4.79 Å². The predicted molar refractivity (Wildman–Crippen MR) is 43.4 cm³/mol. The van der Waals surface area contributed by atoms with E-state index in [2.05, 4.69) is 6.58 Å². The van der Waals surface area contributed by atoms with Gasteiger partial charge in [-0.05, 0) is 31.6 Å². The highest BCUT2D eigenvalue weighted by Gasteiger charge is 2.17. The lowest BCUT2D eigenvalue weighted by Crippen LogP contribution is -2.12. The Morgan fingerprint density at radius 2 is 2.45 bits per heavy atom. The first kappa shape index (κ1) is 8.31. The molecule has 1 saturated carbocycles. The molecule has 0 bridgehead atoms. The summed E-state index contributed by atoms with van der Waals surface area (Å²) >= 11 is 0. The van der Waals surface area contributed by atoms with Crippen molar-refractivity contribution in [3.8, 4) is 0 Å². The normalized spacial score (nSPS) is 25.1. The van der Waals surface area contributed by atoms with E-state index in [-0.39, 0.29) is 0 Å². The molecule has 0 radical (unpaired) electrons. The topological polar surface area (TPSA) is 37.3 Å². The third kappa shape index (κ3) is 2.74. The first-order chi connectivity index (χ1) is 5.18. The molecule has 0 unspecified atom stereocenters. The predicted octanol–water partition coefficient (Wildman–Crippen LogP) is 2.21. The van der Waals surface area contributed by atoms with Gasteiger partial charge in [-0.2, -0.15) is 0 Å². The van der Waals surface area contributed by atoms with Crippen LogP contribution < -0.4 is 0 Å². The number of carboxylic acids is 1. The molecule has 0 heterocycles. The van der Waals surface area contributed by atoms with Crippen LogP contribution in [0.25, 0.3) is 0 Å². The molecule has 1 aliphatic carbocycles. The van der Waals surface area contributed by atoms with Crippen LogP contribution in [0.15, 0.2) is 12.2 Å². The van der Waals surface area contributed by atoms with Crippen LogP contribution in [0.3, 0.4) is 0 Å². The summed E-state index contributed by atoms with van der Waals surface area (Å²) in [5.74, 6) is -0.321. The summed E-state index contributed by atoms with van der Waals surface area (Å²) in [7, 11) is 0. The van der Waals surface area contributed by atoms with Crippen molar-refractivity contribution in [1.29, 1.82) is 0 Å². The fourth-order valence-electron chi connectivity index (χ4n) is 1.67. The summed E-state index contributed by atoms with van der Waals surface area (Å²) in [6.07, 6.45) is 4.52. The molecule has 0 aliphatic heterocycles. The third-order valence-corrected chi connectivity index (χ3v) is 2.18. The highest BCUT2D eigenvalue weighted by atomic mass is 16.4. The largest absolute Gasteiger partial charge is 0.481 e. The SMILES string of the molecule is C=C1CCC[C@H](CC(=O)O)C1. The smallest absolute Gasteiger partial charge is 0.303 e. The van der Waals surface area contributed by atoms with Gasteiger partial charge in [0.15, 0.2) is 0 Å². The van der Waals surface area contributed by atoms with Crippen LogP contribution in [0, 0.1) is 5.92 Å². The first-order valence-corrected chi connectivity index (χ1v) is 4.07. The molecule has 0 aromatic carbocycles. The van der Waals surface area contributed by atoms with Crippen molar-refractivity contribution in [2.24, 2.45) is 5.92 Å². The second-order valence-electron chi connectivity index (χ2n) is 3.31. The maximum atomic E-state index is 10.3. The fraction of sp³-hybridized carbons (Fsp3) is 0.667. The molecular weight excluding hydrogens is 140 g/mol. The summed E-state index contributed by atoms with van der Waals surface area (Å²) in [4.78, 5) is 10.3. The van der Waals surface area contributed by atoms with Crippen molar-refractivity contribution in [3.05, 3.63) is 12.2 Å². The van der Waals surface area contributed by atoms with Crippen molar-refractivity contribution < 1.29 is 9.90 Å². The molecule has 0 aromatic rings. The third-order valence-electron chi connectivity index (χ3n) is 2.18. The van der Waals surface area contributed by atoms with Crippen LogP contribution in [-0.4, -0.2) is 11.1 Å². The second-order valence-corrected chi connectivity index (χ2v) is 3.31. The van der Waals surface area contributed by atoms with E-state index in [4.69, 9.17) is 5.11 Å². The fourth-order valence-corrected chi connectivity index (χ4v) is 1.67. The zero-order valence-corrected chi connectivity index (χ0v) is 6.68. The number of carbonyl (C=O) groups is 1. The van der Waals surface area contributed by atoms with Gasteiger partial charge in [0.25, 0.3) is 0 Å². The van der Waals surface area contributed by atoms with E-state index in [0.29, 0.717) is 12.3 Å². The monoisotopic (exact) mass is 154 g/mol. The van der Waals surface area contributed by atoms with E-state index in [1.807, 2.05) is 0 Å². The van der Waals surface area contributed by atoms with Crippen molar-refractivity contribution in [2.45, 2.75) is 32.1 Å². The highest BCUT2D eigenvalue weighted by Crippen LogP contribution is 2.29. The molecule has 1 atom stereocenters. The Morgan fingerprint density at radius 3 is 3.00 bits per heavy atom. The minimum absolute atomic E-state index is 0.318. The van der Waals surface area contributed by atoms with Crippen LogP contribution in [0.5, 0.6) is 0 Å². The van der Waals surface area contributed by atoms with Crippen molar-refractivity contribution in [2.75, 3.05) is 0 Å². The number of hydrogen-bond donors (Lipinski definition) is 1. The highest BCUT2D eigenvalue weighted by molar-refractivity contribution is 5.67. The number of carboxylic acid groups (broad SMARTS) is 1. The Hall–Kier alpha value is -0.790. The molecule has 2 nitrogen and oxygen atoms in total. The van der Waals surface area contributed by atoms with Gasteiger partial charge in [-0.25, -0.2) is 0 Å². The van der Waals surface area contributed by atoms with Crippen molar-refractivity contribution >= 4 is 5.97 Å². The van der Waals surface area contributed by atoms with E-state index in [9.17, 15) is 4.79 Å². The zero-order chi connectivity index (χ0) is 8.27. The molecule has 0 spiro atoms. The maximum Gasteiger partial charge on any atom is 0.303 e. The molecule has 0 aromatic heterocycles. The number of allylic oxidation sites excluding steroid dienone is 1. The summed E-state index contributed by atoms with van der Waals surface area (Å²) in [5, 5.41) is 8.52. The van der Waals surface area contributed by atoms with Gasteiger partial charge < -0.3 is 5.11 Å². The van der Waals surface area contributed by atoms with Crippen LogP contribution in [0.4, 0.5) is 0 Å². The summed E-state index contributed by atoms with van der Waals surface area (Å²) < 4.78 is 0. The molecule has 11 heavy (non-hydrogen) atoms. The Labute approximate surface area is 66.9 Å². The molecule has 1 N–H and O–H groups in total. The van der Waals surface area contributed by atoms with E-state index in [0.717, 1.165) is 25.7 Å². The minimum Gasteiger partial charge on any atom is -0.481 e. The van der Waals surface area contributed by atoms with Crippen molar-refractivity contribution in [1.82, 2.24) is 0 Å². The molecule has 1 fully saturated rings. The molecular formula is C9H14O2. The number of aliphatic carboxylic acids is 1. The molecule has 2 heteroatoms. The second kappa shape index (κ2) is 3.56. The number of hydrogen-bond acceptors (Lipinski definition) is 1. The van der Waals surface area contributed by atoms with Crippen LogP contribution in [0.2, 0.25) is 0 Å². The maximum absolute atomic E-state index is 10.3. The van der Waals surface area contributed by atoms with E-state index < -0.39 is 5.97 Å². The molecule has 1 aliphatic rings. The lowest BCUT2D eigenvalue weighted by molar-refractivity contribution is -0.138. The lowest BCUT2D eigenvalue weighted by Gasteiger charge is -2.21. The van der Waals surface area contributed by atoms with Gasteiger partial charge >= 0.3 is 5.97 Å². The summed E-state index contributed by atoms with van der Waals surface area (Å²) in [6.45, 7) is 3.88. The minimum atomic E-state index is -0.676. The van der Waals surface area contributed by atoms with Crippen LogP contribution in [-0.2, 0) is 4.79 Å².